The molecular formula is C17H19N7O. The highest BCUT2D eigenvalue weighted by Crippen LogP contribution is 2.16. The fourth-order valence-electron chi connectivity index (χ4n) is 2.96. The number of imidazole rings is 1. The van der Waals surface area contributed by atoms with Crippen LogP contribution in [0.4, 0.5) is 16.4 Å². The van der Waals surface area contributed by atoms with Gasteiger partial charge in [-0.25, -0.2) is 19.3 Å². The van der Waals surface area contributed by atoms with E-state index in [9.17, 15) is 4.79 Å². The van der Waals surface area contributed by atoms with Crippen molar-refractivity contribution in [3.05, 3.63) is 48.4 Å². The highest BCUT2D eigenvalue weighted by atomic mass is 16.2. The number of carbonyl (C=O) groups excluding carboxylic acids is 1. The number of nitrogens with zero attached hydrogens (tertiary/aromatic N) is 5. The molecule has 128 valence electrons. The highest BCUT2D eigenvalue weighted by molar-refractivity contribution is 5.88. The van der Waals surface area contributed by atoms with E-state index in [2.05, 4.69) is 25.7 Å². The zero-order valence-corrected chi connectivity index (χ0v) is 13.9. The van der Waals surface area contributed by atoms with Crippen molar-refractivity contribution in [2.75, 3.05) is 23.7 Å². The number of aromatic nitrogens is 4. The summed E-state index contributed by atoms with van der Waals surface area (Å²) >= 11 is 0. The summed E-state index contributed by atoms with van der Waals surface area (Å²) in [7, 11) is 0. The molecule has 8 nitrogen and oxygen atoms in total. The Bertz CT molecular complexity index is 907. The van der Waals surface area contributed by atoms with Gasteiger partial charge in [0.1, 0.15) is 11.6 Å². The molecule has 4 rings (SSSR count). The number of fused-ring (bicyclic) bond motifs is 1. The van der Waals surface area contributed by atoms with Gasteiger partial charge in [-0.2, -0.15) is 0 Å². The van der Waals surface area contributed by atoms with Crippen LogP contribution in [0.25, 0.3) is 5.65 Å². The summed E-state index contributed by atoms with van der Waals surface area (Å²) in [5.74, 6) is 1.35. The second-order valence-corrected chi connectivity index (χ2v) is 6.17. The van der Waals surface area contributed by atoms with Gasteiger partial charge in [-0.1, -0.05) is 0 Å². The Labute approximate surface area is 144 Å². The van der Waals surface area contributed by atoms with Crippen LogP contribution in [0, 0.1) is 6.92 Å². The third-order valence-electron chi connectivity index (χ3n) is 4.23. The molecule has 0 aromatic carbocycles. The highest BCUT2D eigenvalue weighted by Gasteiger charge is 2.26. The topological polar surface area (TPSA) is 87.5 Å². The first-order valence-corrected chi connectivity index (χ1v) is 8.23. The number of rotatable bonds is 3. The smallest absolute Gasteiger partial charge is 0.323 e. The Morgan fingerprint density at radius 1 is 1.20 bits per heavy atom. The fourth-order valence-corrected chi connectivity index (χ4v) is 2.96. The number of urea groups is 1. The minimum atomic E-state index is -0.125. The van der Waals surface area contributed by atoms with E-state index in [-0.39, 0.29) is 12.1 Å². The maximum absolute atomic E-state index is 12.4. The monoisotopic (exact) mass is 337 g/mol. The molecule has 1 unspecified atom stereocenters. The van der Waals surface area contributed by atoms with Gasteiger partial charge in [0.15, 0.2) is 5.65 Å². The van der Waals surface area contributed by atoms with Crippen molar-refractivity contribution < 1.29 is 4.79 Å². The van der Waals surface area contributed by atoms with Crippen molar-refractivity contribution in [3.63, 3.8) is 0 Å². The molecule has 4 heterocycles. The summed E-state index contributed by atoms with van der Waals surface area (Å²) in [6.45, 7) is 3.29. The van der Waals surface area contributed by atoms with E-state index in [1.165, 1.54) is 0 Å². The van der Waals surface area contributed by atoms with E-state index >= 15 is 0 Å². The molecule has 1 fully saturated rings. The molecule has 3 aromatic heterocycles. The molecule has 2 amide bonds. The van der Waals surface area contributed by atoms with Crippen LogP contribution in [0.15, 0.2) is 42.9 Å². The molecule has 25 heavy (non-hydrogen) atoms. The Morgan fingerprint density at radius 2 is 2.12 bits per heavy atom. The van der Waals surface area contributed by atoms with E-state index in [1.54, 1.807) is 21.8 Å². The molecule has 2 N–H and O–H groups in total. The van der Waals surface area contributed by atoms with Gasteiger partial charge >= 0.3 is 6.03 Å². The van der Waals surface area contributed by atoms with Crippen LogP contribution in [-0.4, -0.2) is 49.6 Å². The lowest BCUT2D eigenvalue weighted by Crippen LogP contribution is -2.35. The van der Waals surface area contributed by atoms with Crippen molar-refractivity contribution in [2.45, 2.75) is 19.4 Å². The molecule has 1 atom stereocenters. The van der Waals surface area contributed by atoms with Crippen LogP contribution in [0.5, 0.6) is 0 Å². The van der Waals surface area contributed by atoms with Crippen LogP contribution in [0.2, 0.25) is 0 Å². The van der Waals surface area contributed by atoms with E-state index in [0.29, 0.717) is 18.9 Å². The Morgan fingerprint density at radius 3 is 3.00 bits per heavy atom. The molecule has 0 aliphatic carbocycles. The normalized spacial score (nSPS) is 17.0. The van der Waals surface area contributed by atoms with Gasteiger partial charge in [-0.05, 0) is 43.2 Å². The van der Waals surface area contributed by atoms with Gasteiger partial charge in [0.2, 0.25) is 0 Å². The first-order chi connectivity index (χ1) is 12.2. The number of amides is 2. The van der Waals surface area contributed by atoms with Crippen LogP contribution in [0.1, 0.15) is 12.0 Å². The predicted octanol–water partition coefficient (Wildman–Crippen LogP) is 2.15. The largest absolute Gasteiger partial charge is 0.364 e. The fraction of sp³-hybridized carbons (Fsp3) is 0.294. The number of likely N-dealkylation sites (tertiary alicyclic amines) is 1. The lowest BCUT2D eigenvalue weighted by atomic mass is 10.2. The molecule has 3 aromatic rings. The minimum Gasteiger partial charge on any atom is -0.364 e. The molecule has 1 saturated heterocycles. The third-order valence-corrected chi connectivity index (χ3v) is 4.23. The summed E-state index contributed by atoms with van der Waals surface area (Å²) in [6.07, 6.45) is 6.09. The number of hydrogen-bond acceptors (Lipinski definition) is 5. The van der Waals surface area contributed by atoms with Crippen LogP contribution >= 0.6 is 0 Å². The average Bonchev–Trinajstić information content (AvgIpc) is 3.23. The number of carbonyl (C=O) groups is 1. The Kier molecular flexibility index (Phi) is 3.93. The van der Waals surface area contributed by atoms with Gasteiger partial charge in [0.05, 0.1) is 0 Å². The Hall–Kier alpha value is -3.16. The molecule has 8 heteroatoms. The lowest BCUT2D eigenvalue weighted by molar-refractivity contribution is 0.222. The minimum absolute atomic E-state index is 0.125. The van der Waals surface area contributed by atoms with Crippen LogP contribution < -0.4 is 10.6 Å². The van der Waals surface area contributed by atoms with E-state index in [4.69, 9.17) is 0 Å². The van der Waals surface area contributed by atoms with E-state index in [0.717, 1.165) is 23.4 Å². The van der Waals surface area contributed by atoms with Gasteiger partial charge in [0, 0.05) is 37.7 Å². The number of anilines is 2. The van der Waals surface area contributed by atoms with E-state index < -0.39 is 0 Å². The van der Waals surface area contributed by atoms with E-state index in [1.807, 2.05) is 37.4 Å². The quantitative estimate of drug-likeness (QED) is 0.765. The summed E-state index contributed by atoms with van der Waals surface area (Å²) in [5, 5.41) is 10.7. The SMILES string of the molecule is Cc1ccnc(NC(=O)N2CCC(Nc3ccc4nccn4n3)C2)c1. The van der Waals surface area contributed by atoms with Crippen molar-refractivity contribution in [1.82, 2.24) is 24.5 Å². The third kappa shape index (κ3) is 3.37. The lowest BCUT2D eigenvalue weighted by Gasteiger charge is -2.18. The van der Waals surface area contributed by atoms with Gasteiger partial charge in [-0.15, -0.1) is 5.10 Å². The van der Waals surface area contributed by atoms with Crippen LogP contribution in [-0.2, 0) is 0 Å². The number of hydrogen-bond donors (Lipinski definition) is 2. The number of aryl methyl sites for hydroxylation is 1. The average molecular weight is 337 g/mol. The number of nitrogens with one attached hydrogen (secondary N) is 2. The molecule has 0 spiro atoms. The molecule has 1 aliphatic rings. The maximum Gasteiger partial charge on any atom is 0.323 e. The summed E-state index contributed by atoms with van der Waals surface area (Å²) in [5.41, 5.74) is 1.87. The first-order valence-electron chi connectivity index (χ1n) is 8.23. The maximum atomic E-state index is 12.4. The molecule has 0 bridgehead atoms. The molecule has 0 radical (unpaired) electrons. The van der Waals surface area contributed by atoms with Crippen molar-refractivity contribution in [3.8, 4) is 0 Å². The summed E-state index contributed by atoms with van der Waals surface area (Å²) in [4.78, 5) is 22.5. The van der Waals surface area contributed by atoms with Crippen molar-refractivity contribution >= 4 is 23.3 Å². The first kappa shape index (κ1) is 15.4. The number of pyridine rings is 1. The standard InChI is InChI=1S/C17H19N7O/c1-12-4-6-18-15(10-12)21-17(25)23-8-5-13(11-23)20-14-2-3-16-19-7-9-24(16)22-14/h2-4,6-7,9-10,13H,5,8,11H2,1H3,(H,20,22)(H,18,21,25). The van der Waals surface area contributed by atoms with Gasteiger partial charge in [0.25, 0.3) is 0 Å². The Balaban J connectivity index is 1.36. The predicted molar refractivity (Wildman–Crippen MR) is 94.6 cm³/mol. The zero-order valence-electron chi connectivity index (χ0n) is 13.9. The van der Waals surface area contributed by atoms with Crippen LogP contribution in [0.3, 0.4) is 0 Å². The second-order valence-electron chi connectivity index (χ2n) is 6.17. The zero-order chi connectivity index (χ0) is 17.2. The van der Waals surface area contributed by atoms with Crippen molar-refractivity contribution in [1.29, 1.82) is 0 Å². The molecule has 1 aliphatic heterocycles. The summed E-state index contributed by atoms with van der Waals surface area (Å²) < 4.78 is 1.73. The van der Waals surface area contributed by atoms with Gasteiger partial charge < -0.3 is 10.2 Å². The summed E-state index contributed by atoms with van der Waals surface area (Å²) in [6, 6.07) is 7.62. The van der Waals surface area contributed by atoms with Crippen molar-refractivity contribution in [2.24, 2.45) is 0 Å². The van der Waals surface area contributed by atoms with Gasteiger partial charge in [-0.3, -0.25) is 5.32 Å². The molecule has 0 saturated carbocycles. The molecular weight excluding hydrogens is 318 g/mol. The second kappa shape index (κ2) is 6.39.